The number of fused-ring (bicyclic) bond motifs is 3. The highest BCUT2D eigenvalue weighted by atomic mass is 16.5. The lowest BCUT2D eigenvalue weighted by molar-refractivity contribution is -0.134. The van der Waals surface area contributed by atoms with Gasteiger partial charge < -0.3 is 25.3 Å². The molecule has 3 rings (SSSR count). The highest BCUT2D eigenvalue weighted by Gasteiger charge is 2.22. The largest absolute Gasteiger partial charge is 0.497 e. The summed E-state index contributed by atoms with van der Waals surface area (Å²) in [5, 5.41) is 15.6. The third kappa shape index (κ3) is 4.73. The molecule has 1 aliphatic carbocycles. The monoisotopic (exact) mass is 358 g/mol. The number of methoxy groups -OCH3 is 1. The SMILES string of the molecule is COc1ccc2c(c1)-c1c(ccn1CC(C)N)C2.O=C(O)/C=C/C(=O)O. The van der Waals surface area contributed by atoms with Crippen LogP contribution in [0.4, 0.5) is 0 Å². The van der Waals surface area contributed by atoms with E-state index in [-0.39, 0.29) is 6.04 Å². The molecule has 0 saturated carbocycles. The van der Waals surface area contributed by atoms with E-state index in [1.807, 2.05) is 13.0 Å². The fourth-order valence-electron chi connectivity index (χ4n) is 2.86. The van der Waals surface area contributed by atoms with E-state index < -0.39 is 11.9 Å². The summed E-state index contributed by atoms with van der Waals surface area (Å²) >= 11 is 0. The van der Waals surface area contributed by atoms with Crippen LogP contribution in [-0.2, 0) is 22.6 Å². The Balaban J connectivity index is 0.000000260. The number of carboxylic acid groups (broad SMARTS) is 2. The van der Waals surface area contributed by atoms with Crippen LogP contribution in [0.1, 0.15) is 18.1 Å². The van der Waals surface area contributed by atoms with Gasteiger partial charge >= 0.3 is 11.9 Å². The second-order valence-corrected chi connectivity index (χ2v) is 6.03. The van der Waals surface area contributed by atoms with Crippen LogP contribution in [0.15, 0.2) is 42.6 Å². The Morgan fingerprint density at radius 1 is 1.23 bits per heavy atom. The molecule has 4 N–H and O–H groups in total. The third-order valence-electron chi connectivity index (χ3n) is 3.85. The molecule has 0 aliphatic heterocycles. The van der Waals surface area contributed by atoms with Gasteiger partial charge in [0.2, 0.25) is 0 Å². The zero-order valence-electron chi connectivity index (χ0n) is 14.7. The van der Waals surface area contributed by atoms with Crippen molar-refractivity contribution in [3.8, 4) is 17.0 Å². The summed E-state index contributed by atoms with van der Waals surface area (Å²) in [5.41, 5.74) is 11.3. The number of benzene rings is 1. The summed E-state index contributed by atoms with van der Waals surface area (Å²) in [6.45, 7) is 2.89. The van der Waals surface area contributed by atoms with Gasteiger partial charge in [0.05, 0.1) is 12.8 Å². The molecule has 1 aromatic heterocycles. The number of hydrogen-bond acceptors (Lipinski definition) is 4. The van der Waals surface area contributed by atoms with Crippen LogP contribution in [0.3, 0.4) is 0 Å². The molecule has 26 heavy (non-hydrogen) atoms. The summed E-state index contributed by atoms with van der Waals surface area (Å²) < 4.78 is 7.57. The van der Waals surface area contributed by atoms with E-state index in [1.54, 1.807) is 7.11 Å². The maximum Gasteiger partial charge on any atom is 0.328 e. The molecule has 1 heterocycles. The summed E-state index contributed by atoms with van der Waals surface area (Å²) in [6, 6.07) is 8.67. The molecule has 2 aromatic rings. The second kappa shape index (κ2) is 8.35. The first-order chi connectivity index (χ1) is 12.3. The molecule has 1 aromatic carbocycles. The Kier molecular flexibility index (Phi) is 6.19. The van der Waals surface area contributed by atoms with Crippen molar-refractivity contribution in [2.75, 3.05) is 7.11 Å². The topological polar surface area (TPSA) is 115 Å². The lowest BCUT2D eigenvalue weighted by atomic mass is 10.1. The molecule has 0 spiro atoms. The fraction of sp³-hybridized carbons (Fsp3) is 0.263. The number of nitrogens with two attached hydrogens (primary N) is 1. The van der Waals surface area contributed by atoms with Crippen LogP contribution >= 0.6 is 0 Å². The van der Waals surface area contributed by atoms with Crippen LogP contribution in [0.25, 0.3) is 11.3 Å². The Morgan fingerprint density at radius 2 is 1.88 bits per heavy atom. The van der Waals surface area contributed by atoms with Gasteiger partial charge in [0.15, 0.2) is 0 Å². The van der Waals surface area contributed by atoms with Crippen LogP contribution in [0.2, 0.25) is 0 Å². The van der Waals surface area contributed by atoms with Crippen molar-refractivity contribution in [1.82, 2.24) is 4.57 Å². The highest BCUT2D eigenvalue weighted by molar-refractivity contribution is 5.89. The summed E-state index contributed by atoms with van der Waals surface area (Å²) in [5.74, 6) is -1.60. The molecule has 0 fully saturated rings. The zero-order chi connectivity index (χ0) is 19.3. The molecule has 7 heteroatoms. The van der Waals surface area contributed by atoms with E-state index in [0.717, 1.165) is 18.7 Å². The number of aromatic nitrogens is 1. The minimum atomic E-state index is -1.26. The Hall–Kier alpha value is -3.06. The van der Waals surface area contributed by atoms with Crippen molar-refractivity contribution in [2.24, 2.45) is 5.73 Å². The normalized spacial score (nSPS) is 12.7. The van der Waals surface area contributed by atoms with Crippen molar-refractivity contribution < 1.29 is 24.5 Å². The van der Waals surface area contributed by atoms with Gasteiger partial charge in [0.25, 0.3) is 0 Å². The first-order valence-corrected chi connectivity index (χ1v) is 8.06. The van der Waals surface area contributed by atoms with Gasteiger partial charge in [-0.2, -0.15) is 0 Å². The van der Waals surface area contributed by atoms with E-state index >= 15 is 0 Å². The fourth-order valence-corrected chi connectivity index (χ4v) is 2.86. The van der Waals surface area contributed by atoms with E-state index in [4.69, 9.17) is 20.7 Å². The van der Waals surface area contributed by atoms with Gasteiger partial charge in [0, 0.05) is 42.9 Å². The van der Waals surface area contributed by atoms with Crippen LogP contribution in [-0.4, -0.2) is 39.9 Å². The minimum absolute atomic E-state index is 0.163. The number of aliphatic carboxylic acids is 2. The number of ether oxygens (including phenoxy) is 1. The minimum Gasteiger partial charge on any atom is -0.497 e. The summed E-state index contributed by atoms with van der Waals surface area (Å²) in [7, 11) is 1.71. The summed E-state index contributed by atoms with van der Waals surface area (Å²) in [4.78, 5) is 19.1. The number of rotatable bonds is 5. The first kappa shape index (κ1) is 19.3. The van der Waals surface area contributed by atoms with E-state index in [2.05, 4.69) is 29.0 Å². The number of hydrogen-bond donors (Lipinski definition) is 3. The summed E-state index contributed by atoms with van der Waals surface area (Å²) in [6.07, 6.45) is 4.27. The van der Waals surface area contributed by atoms with Crippen molar-refractivity contribution in [2.45, 2.75) is 25.9 Å². The van der Waals surface area contributed by atoms with Gasteiger partial charge in [-0.1, -0.05) is 6.07 Å². The third-order valence-corrected chi connectivity index (χ3v) is 3.85. The maximum atomic E-state index is 9.55. The molecule has 0 radical (unpaired) electrons. The molecule has 0 bridgehead atoms. The average Bonchev–Trinajstić information content (AvgIpc) is 3.12. The van der Waals surface area contributed by atoms with Crippen molar-refractivity contribution in [3.05, 3.63) is 53.7 Å². The van der Waals surface area contributed by atoms with Crippen LogP contribution < -0.4 is 10.5 Å². The predicted molar refractivity (Wildman–Crippen MR) is 97.3 cm³/mol. The first-order valence-electron chi connectivity index (χ1n) is 8.06. The van der Waals surface area contributed by atoms with E-state index in [1.165, 1.54) is 22.4 Å². The van der Waals surface area contributed by atoms with Crippen LogP contribution in [0, 0.1) is 0 Å². The molecular weight excluding hydrogens is 336 g/mol. The van der Waals surface area contributed by atoms with Gasteiger partial charge in [0.1, 0.15) is 5.75 Å². The van der Waals surface area contributed by atoms with E-state index in [0.29, 0.717) is 12.2 Å². The Bertz CT molecular complexity index is 820. The molecule has 0 amide bonds. The van der Waals surface area contributed by atoms with Gasteiger partial charge in [-0.3, -0.25) is 0 Å². The molecule has 1 aliphatic rings. The molecule has 7 nitrogen and oxygen atoms in total. The molecular formula is C19H22N2O5. The van der Waals surface area contributed by atoms with Gasteiger partial charge in [-0.25, -0.2) is 9.59 Å². The average molecular weight is 358 g/mol. The maximum absolute atomic E-state index is 9.55. The number of carbonyl (C=O) groups is 2. The van der Waals surface area contributed by atoms with Crippen LogP contribution in [0.5, 0.6) is 5.75 Å². The molecule has 0 saturated heterocycles. The Labute approximate surface area is 151 Å². The highest BCUT2D eigenvalue weighted by Crippen LogP contribution is 2.39. The van der Waals surface area contributed by atoms with Gasteiger partial charge in [-0.05, 0) is 36.2 Å². The van der Waals surface area contributed by atoms with Crippen molar-refractivity contribution in [3.63, 3.8) is 0 Å². The van der Waals surface area contributed by atoms with Crippen molar-refractivity contribution in [1.29, 1.82) is 0 Å². The molecule has 1 unspecified atom stereocenters. The lowest BCUT2D eigenvalue weighted by Gasteiger charge is -2.12. The molecule has 138 valence electrons. The lowest BCUT2D eigenvalue weighted by Crippen LogP contribution is -2.22. The Morgan fingerprint density at radius 3 is 2.42 bits per heavy atom. The van der Waals surface area contributed by atoms with Crippen molar-refractivity contribution >= 4 is 11.9 Å². The van der Waals surface area contributed by atoms with E-state index in [9.17, 15) is 9.59 Å². The molecule has 1 atom stereocenters. The second-order valence-electron chi connectivity index (χ2n) is 6.03. The smallest absolute Gasteiger partial charge is 0.328 e. The number of carboxylic acids is 2. The zero-order valence-corrected chi connectivity index (χ0v) is 14.7. The van der Waals surface area contributed by atoms with Gasteiger partial charge in [-0.15, -0.1) is 0 Å². The number of nitrogens with zero attached hydrogens (tertiary/aromatic N) is 1. The standard InChI is InChI=1S/C15H18N2O.C4H4O4/c1-10(16)9-17-6-5-12-7-11-3-4-13(18-2)8-14(11)15(12)17;5-3(6)1-2-4(7)8/h3-6,8,10H,7,9,16H2,1-2H3;1-2H,(H,5,6)(H,7,8)/b;2-1+. The predicted octanol–water partition coefficient (Wildman–Crippen LogP) is 2.13. The quantitative estimate of drug-likeness (QED) is 0.602.